The average Bonchev–Trinajstić information content (AvgIpc) is 3.08. The molecule has 3 aromatic heterocycles. The van der Waals surface area contributed by atoms with E-state index in [-0.39, 0.29) is 22.2 Å². The Balaban J connectivity index is 1.84. The van der Waals surface area contributed by atoms with Crippen molar-refractivity contribution in [2.24, 2.45) is 0 Å². The lowest BCUT2D eigenvalue weighted by molar-refractivity contribution is 0.368. The van der Waals surface area contributed by atoms with Crippen molar-refractivity contribution >= 4 is 28.9 Å². The normalized spacial score (nSPS) is 11.2. The molecule has 0 amide bonds. The summed E-state index contributed by atoms with van der Waals surface area (Å²) >= 11 is 7.10. The summed E-state index contributed by atoms with van der Waals surface area (Å²) in [5.74, 6) is -1.38. The number of fused-ring (bicyclic) bond motifs is 1. The maximum Gasteiger partial charge on any atom is 0.288 e. The summed E-state index contributed by atoms with van der Waals surface area (Å²) in [6.45, 7) is 0. The Morgan fingerprint density at radius 2 is 1.93 bits per heavy atom. The molecule has 0 atom stereocenters. The molecule has 0 aliphatic heterocycles. The van der Waals surface area contributed by atoms with Crippen molar-refractivity contribution < 1.29 is 13.5 Å². The molecule has 4 aromatic rings. The van der Waals surface area contributed by atoms with Crippen LogP contribution in [0.4, 0.5) is 8.78 Å². The van der Waals surface area contributed by atoms with E-state index in [2.05, 4.69) is 15.2 Å². The van der Waals surface area contributed by atoms with Crippen LogP contribution in [0.5, 0.6) is 5.88 Å². The standard InChI is InChI=1S/C18H12ClF2N5O2S/c1-28-16-13(20)6-12(7-22-16)25-17(27)15-14(21)8-23-26(15)24-18(25)29-9-10-2-4-11(19)5-3-10/h2-8H,9H2,1H3. The van der Waals surface area contributed by atoms with Crippen LogP contribution in [-0.4, -0.2) is 31.5 Å². The number of hydrogen-bond donors (Lipinski definition) is 0. The fourth-order valence-corrected chi connectivity index (χ4v) is 3.71. The molecule has 148 valence electrons. The van der Waals surface area contributed by atoms with Crippen molar-refractivity contribution in [2.75, 3.05) is 7.11 Å². The molecule has 7 nitrogen and oxygen atoms in total. The van der Waals surface area contributed by atoms with Gasteiger partial charge in [-0.1, -0.05) is 35.5 Å². The fourth-order valence-electron chi connectivity index (χ4n) is 2.64. The number of halogens is 3. The highest BCUT2D eigenvalue weighted by Crippen LogP contribution is 2.25. The van der Waals surface area contributed by atoms with E-state index >= 15 is 0 Å². The average molecular weight is 436 g/mol. The molecule has 0 N–H and O–H groups in total. The van der Waals surface area contributed by atoms with Gasteiger partial charge in [0.1, 0.15) is 0 Å². The molecule has 0 aliphatic carbocycles. The van der Waals surface area contributed by atoms with Crippen LogP contribution in [0.3, 0.4) is 0 Å². The Morgan fingerprint density at radius 1 is 1.17 bits per heavy atom. The second kappa shape index (κ2) is 7.80. The topological polar surface area (TPSA) is 74.3 Å². The Labute approximate surface area is 171 Å². The van der Waals surface area contributed by atoms with E-state index in [4.69, 9.17) is 16.3 Å². The van der Waals surface area contributed by atoms with Gasteiger partial charge in [0.25, 0.3) is 5.56 Å². The third-order valence-electron chi connectivity index (χ3n) is 4.01. The number of ether oxygens (including phenoxy) is 1. The fraction of sp³-hybridized carbons (Fsp3) is 0.111. The lowest BCUT2D eigenvalue weighted by Gasteiger charge is -2.12. The van der Waals surface area contributed by atoms with E-state index in [9.17, 15) is 13.6 Å². The van der Waals surface area contributed by atoms with Gasteiger partial charge in [-0.05, 0) is 17.7 Å². The van der Waals surface area contributed by atoms with E-state index in [1.54, 1.807) is 12.1 Å². The predicted octanol–water partition coefficient (Wildman–Crippen LogP) is 3.51. The highest BCUT2D eigenvalue weighted by molar-refractivity contribution is 7.98. The first-order valence-electron chi connectivity index (χ1n) is 8.21. The molecule has 0 bridgehead atoms. The van der Waals surface area contributed by atoms with E-state index in [0.29, 0.717) is 10.8 Å². The molecule has 0 fully saturated rings. The molecular weight excluding hydrogens is 424 g/mol. The minimum atomic E-state index is -0.826. The van der Waals surface area contributed by atoms with Gasteiger partial charge in [0.2, 0.25) is 5.88 Å². The van der Waals surface area contributed by atoms with Gasteiger partial charge in [-0.15, -0.1) is 9.73 Å². The Kier molecular flexibility index (Phi) is 5.20. The first kappa shape index (κ1) is 19.3. The molecule has 0 spiro atoms. The van der Waals surface area contributed by atoms with Gasteiger partial charge in [0.15, 0.2) is 22.3 Å². The number of nitrogens with zero attached hydrogens (tertiary/aromatic N) is 5. The summed E-state index contributed by atoms with van der Waals surface area (Å²) in [4.78, 5) is 16.8. The lowest BCUT2D eigenvalue weighted by Crippen LogP contribution is -2.25. The number of pyridine rings is 1. The van der Waals surface area contributed by atoms with Crippen molar-refractivity contribution in [1.82, 2.24) is 24.4 Å². The SMILES string of the molecule is COc1ncc(-n2c(SCc3ccc(Cl)cc3)nn3ncc(F)c3c2=O)cc1F. The molecule has 1 aromatic carbocycles. The van der Waals surface area contributed by atoms with Crippen LogP contribution in [0.25, 0.3) is 11.2 Å². The number of hydrogen-bond acceptors (Lipinski definition) is 6. The molecule has 29 heavy (non-hydrogen) atoms. The van der Waals surface area contributed by atoms with E-state index in [1.165, 1.54) is 25.1 Å². The van der Waals surface area contributed by atoms with Crippen LogP contribution in [0.1, 0.15) is 5.56 Å². The molecule has 0 aliphatic rings. The molecule has 4 rings (SSSR count). The Hall–Kier alpha value is -2.98. The monoisotopic (exact) mass is 435 g/mol. The summed E-state index contributed by atoms with van der Waals surface area (Å²) < 4.78 is 35.1. The summed E-state index contributed by atoms with van der Waals surface area (Å²) in [7, 11) is 1.28. The number of methoxy groups -OCH3 is 1. The van der Waals surface area contributed by atoms with Crippen molar-refractivity contribution in [3.63, 3.8) is 0 Å². The van der Waals surface area contributed by atoms with Gasteiger partial charge < -0.3 is 4.74 Å². The summed E-state index contributed by atoms with van der Waals surface area (Å²) in [5, 5.41) is 8.77. The number of thioether (sulfide) groups is 1. The maximum atomic E-state index is 14.2. The van der Waals surface area contributed by atoms with Crippen molar-refractivity contribution in [1.29, 1.82) is 0 Å². The van der Waals surface area contributed by atoms with Crippen molar-refractivity contribution in [2.45, 2.75) is 10.9 Å². The van der Waals surface area contributed by atoms with Crippen LogP contribution in [0.15, 0.2) is 52.7 Å². The van der Waals surface area contributed by atoms with Crippen LogP contribution in [0, 0.1) is 11.6 Å². The number of aromatic nitrogens is 5. The van der Waals surface area contributed by atoms with E-state index < -0.39 is 17.2 Å². The van der Waals surface area contributed by atoms with Crippen LogP contribution in [-0.2, 0) is 5.75 Å². The molecular formula is C18H12ClF2N5O2S. The molecule has 0 saturated heterocycles. The molecule has 0 unspecified atom stereocenters. The number of benzene rings is 1. The van der Waals surface area contributed by atoms with E-state index in [0.717, 1.165) is 27.0 Å². The Bertz CT molecular complexity index is 1260. The Morgan fingerprint density at radius 3 is 2.62 bits per heavy atom. The second-order valence-corrected chi connectivity index (χ2v) is 7.23. The van der Waals surface area contributed by atoms with E-state index in [1.807, 2.05) is 12.1 Å². The maximum absolute atomic E-state index is 14.2. The second-order valence-electron chi connectivity index (χ2n) is 5.85. The minimum absolute atomic E-state index is 0.0857. The van der Waals surface area contributed by atoms with Crippen molar-refractivity contribution in [3.8, 4) is 11.6 Å². The molecule has 11 heteroatoms. The van der Waals surface area contributed by atoms with Gasteiger partial charge in [-0.25, -0.2) is 13.8 Å². The third kappa shape index (κ3) is 3.68. The first-order valence-corrected chi connectivity index (χ1v) is 9.58. The van der Waals surface area contributed by atoms with Gasteiger partial charge >= 0.3 is 0 Å². The smallest absolute Gasteiger partial charge is 0.288 e. The summed E-state index contributed by atoms with van der Waals surface area (Å²) in [6.07, 6.45) is 2.15. The molecule has 0 saturated carbocycles. The highest BCUT2D eigenvalue weighted by Gasteiger charge is 2.19. The summed E-state index contributed by atoms with van der Waals surface area (Å²) in [6, 6.07) is 8.22. The van der Waals surface area contributed by atoms with Crippen LogP contribution in [0.2, 0.25) is 5.02 Å². The zero-order chi connectivity index (χ0) is 20.5. The zero-order valence-corrected chi connectivity index (χ0v) is 16.4. The highest BCUT2D eigenvalue weighted by atomic mass is 35.5. The van der Waals surface area contributed by atoms with Crippen LogP contribution >= 0.6 is 23.4 Å². The quantitative estimate of drug-likeness (QED) is 0.447. The molecule has 0 radical (unpaired) electrons. The third-order valence-corrected chi connectivity index (χ3v) is 5.26. The first-order chi connectivity index (χ1) is 14.0. The van der Waals surface area contributed by atoms with Gasteiger partial charge in [0, 0.05) is 16.8 Å². The molecule has 3 heterocycles. The van der Waals surface area contributed by atoms with Gasteiger partial charge in [-0.2, -0.15) is 5.10 Å². The largest absolute Gasteiger partial charge is 0.479 e. The van der Waals surface area contributed by atoms with Crippen molar-refractivity contribution in [3.05, 3.63) is 75.3 Å². The predicted molar refractivity (Wildman–Crippen MR) is 104 cm³/mol. The number of rotatable bonds is 5. The van der Waals surface area contributed by atoms with Crippen LogP contribution < -0.4 is 10.3 Å². The minimum Gasteiger partial charge on any atom is -0.479 e. The van der Waals surface area contributed by atoms with Gasteiger partial charge in [0.05, 0.1) is 25.2 Å². The van der Waals surface area contributed by atoms with Gasteiger partial charge in [-0.3, -0.25) is 9.36 Å². The summed E-state index contributed by atoms with van der Waals surface area (Å²) in [5.41, 5.74) is -0.0782. The zero-order valence-electron chi connectivity index (χ0n) is 14.8. The lowest BCUT2D eigenvalue weighted by atomic mass is 10.2.